The van der Waals surface area contributed by atoms with Gasteiger partial charge in [0.1, 0.15) is 0 Å². The molecule has 1 rings (SSSR count). The van der Waals surface area contributed by atoms with E-state index in [0.717, 1.165) is 12.1 Å². The smallest absolute Gasteiger partial charge is 0.0259 e. The number of nitrogens with one attached hydrogen (secondary N) is 1. The Labute approximate surface area is 98.6 Å². The highest BCUT2D eigenvalue weighted by Crippen LogP contribution is 2.18. The number of benzene rings is 1. The third-order valence-electron chi connectivity index (χ3n) is 2.85. The van der Waals surface area contributed by atoms with E-state index >= 15 is 0 Å². The SMILES string of the molecule is C=C(C)CNC(CN)C(C)c1ccccc1. The van der Waals surface area contributed by atoms with E-state index in [0.29, 0.717) is 18.5 Å². The quantitative estimate of drug-likeness (QED) is 0.719. The molecule has 1 aromatic carbocycles. The van der Waals surface area contributed by atoms with Gasteiger partial charge in [0.2, 0.25) is 0 Å². The topological polar surface area (TPSA) is 38.0 Å². The predicted molar refractivity (Wildman–Crippen MR) is 70.5 cm³/mol. The van der Waals surface area contributed by atoms with Crippen LogP contribution < -0.4 is 11.1 Å². The Hall–Kier alpha value is -1.12. The molecule has 0 aromatic heterocycles. The van der Waals surface area contributed by atoms with Crippen molar-refractivity contribution < 1.29 is 0 Å². The molecule has 0 fully saturated rings. The van der Waals surface area contributed by atoms with Crippen LogP contribution in [0.5, 0.6) is 0 Å². The molecule has 0 heterocycles. The van der Waals surface area contributed by atoms with E-state index in [1.54, 1.807) is 0 Å². The molecule has 2 unspecified atom stereocenters. The Morgan fingerprint density at radius 1 is 1.38 bits per heavy atom. The van der Waals surface area contributed by atoms with Crippen molar-refractivity contribution in [1.82, 2.24) is 5.32 Å². The zero-order valence-electron chi connectivity index (χ0n) is 10.2. The van der Waals surface area contributed by atoms with E-state index in [4.69, 9.17) is 5.73 Å². The van der Waals surface area contributed by atoms with Crippen LogP contribution in [-0.4, -0.2) is 19.1 Å². The summed E-state index contributed by atoms with van der Waals surface area (Å²) in [5, 5.41) is 3.44. The minimum Gasteiger partial charge on any atom is -0.329 e. The van der Waals surface area contributed by atoms with Crippen LogP contribution in [0.2, 0.25) is 0 Å². The lowest BCUT2D eigenvalue weighted by Crippen LogP contribution is -2.40. The lowest BCUT2D eigenvalue weighted by Gasteiger charge is -2.24. The molecule has 2 atom stereocenters. The maximum atomic E-state index is 5.81. The van der Waals surface area contributed by atoms with E-state index in [9.17, 15) is 0 Å². The first-order valence-corrected chi connectivity index (χ1v) is 5.78. The molecule has 0 bridgehead atoms. The third kappa shape index (κ3) is 3.80. The van der Waals surface area contributed by atoms with Crippen LogP contribution in [-0.2, 0) is 0 Å². The summed E-state index contributed by atoms with van der Waals surface area (Å²) in [5.41, 5.74) is 8.27. The van der Waals surface area contributed by atoms with E-state index in [2.05, 4.69) is 43.1 Å². The second-order valence-corrected chi connectivity index (χ2v) is 4.38. The maximum absolute atomic E-state index is 5.81. The first-order chi connectivity index (χ1) is 7.65. The van der Waals surface area contributed by atoms with Crippen molar-refractivity contribution in [2.45, 2.75) is 25.8 Å². The van der Waals surface area contributed by atoms with Gasteiger partial charge in [-0.3, -0.25) is 0 Å². The average Bonchev–Trinajstić information content (AvgIpc) is 2.30. The van der Waals surface area contributed by atoms with E-state index in [1.165, 1.54) is 5.56 Å². The highest BCUT2D eigenvalue weighted by molar-refractivity contribution is 5.20. The van der Waals surface area contributed by atoms with Crippen LogP contribution in [0.3, 0.4) is 0 Å². The summed E-state index contributed by atoms with van der Waals surface area (Å²) in [6.07, 6.45) is 0. The second kappa shape index (κ2) is 6.46. The van der Waals surface area contributed by atoms with Crippen LogP contribution in [0.4, 0.5) is 0 Å². The van der Waals surface area contributed by atoms with Crippen molar-refractivity contribution in [3.8, 4) is 0 Å². The lowest BCUT2D eigenvalue weighted by molar-refractivity contribution is 0.473. The number of rotatable bonds is 6. The van der Waals surface area contributed by atoms with Crippen LogP contribution in [0, 0.1) is 0 Å². The Morgan fingerprint density at radius 2 is 2.00 bits per heavy atom. The van der Waals surface area contributed by atoms with Gasteiger partial charge in [-0.25, -0.2) is 0 Å². The molecule has 0 saturated heterocycles. The number of hydrogen-bond donors (Lipinski definition) is 2. The summed E-state index contributed by atoms with van der Waals surface area (Å²) in [4.78, 5) is 0. The standard InChI is InChI=1S/C14H22N2/c1-11(2)10-16-14(9-15)12(3)13-7-5-4-6-8-13/h4-8,12,14,16H,1,9-10,15H2,2-3H3. The summed E-state index contributed by atoms with van der Waals surface area (Å²) in [7, 11) is 0. The van der Waals surface area contributed by atoms with Gasteiger partial charge in [-0.05, 0) is 18.4 Å². The molecule has 2 heteroatoms. The fourth-order valence-corrected chi connectivity index (χ4v) is 1.76. The molecule has 16 heavy (non-hydrogen) atoms. The van der Waals surface area contributed by atoms with Gasteiger partial charge in [0.15, 0.2) is 0 Å². The molecule has 0 saturated carbocycles. The van der Waals surface area contributed by atoms with Gasteiger partial charge in [0.25, 0.3) is 0 Å². The van der Waals surface area contributed by atoms with Crippen LogP contribution in [0.15, 0.2) is 42.5 Å². The molecule has 1 aromatic rings. The normalized spacial score (nSPS) is 14.4. The van der Waals surface area contributed by atoms with Crippen LogP contribution in [0.25, 0.3) is 0 Å². The van der Waals surface area contributed by atoms with Gasteiger partial charge in [-0.1, -0.05) is 49.4 Å². The highest BCUT2D eigenvalue weighted by atomic mass is 14.9. The summed E-state index contributed by atoms with van der Waals surface area (Å²) in [6.45, 7) is 9.59. The molecular formula is C14H22N2. The molecule has 0 aliphatic carbocycles. The van der Waals surface area contributed by atoms with Gasteiger partial charge >= 0.3 is 0 Å². The van der Waals surface area contributed by atoms with Crippen molar-refractivity contribution in [1.29, 1.82) is 0 Å². The summed E-state index contributed by atoms with van der Waals surface area (Å²) >= 11 is 0. The van der Waals surface area contributed by atoms with Crippen LogP contribution in [0.1, 0.15) is 25.3 Å². The monoisotopic (exact) mass is 218 g/mol. The largest absolute Gasteiger partial charge is 0.329 e. The fraction of sp³-hybridized carbons (Fsp3) is 0.429. The van der Waals surface area contributed by atoms with Gasteiger partial charge in [-0.2, -0.15) is 0 Å². The maximum Gasteiger partial charge on any atom is 0.0259 e. The minimum absolute atomic E-state index is 0.305. The van der Waals surface area contributed by atoms with Gasteiger partial charge in [0.05, 0.1) is 0 Å². The Morgan fingerprint density at radius 3 is 2.50 bits per heavy atom. The average molecular weight is 218 g/mol. The molecule has 0 spiro atoms. The van der Waals surface area contributed by atoms with Crippen molar-refractivity contribution in [2.24, 2.45) is 5.73 Å². The van der Waals surface area contributed by atoms with Crippen molar-refractivity contribution in [3.05, 3.63) is 48.0 Å². The molecule has 0 amide bonds. The molecule has 0 aliphatic rings. The molecular weight excluding hydrogens is 196 g/mol. The summed E-state index contributed by atoms with van der Waals surface area (Å²) in [6, 6.07) is 10.8. The minimum atomic E-state index is 0.305. The zero-order chi connectivity index (χ0) is 12.0. The van der Waals surface area contributed by atoms with E-state index in [1.807, 2.05) is 13.0 Å². The van der Waals surface area contributed by atoms with Gasteiger partial charge in [-0.15, -0.1) is 0 Å². The Balaban J connectivity index is 2.62. The van der Waals surface area contributed by atoms with Crippen molar-refractivity contribution in [2.75, 3.05) is 13.1 Å². The molecule has 0 aliphatic heterocycles. The van der Waals surface area contributed by atoms with Crippen molar-refractivity contribution >= 4 is 0 Å². The third-order valence-corrected chi connectivity index (χ3v) is 2.85. The highest BCUT2D eigenvalue weighted by Gasteiger charge is 2.16. The fourth-order valence-electron chi connectivity index (χ4n) is 1.76. The molecule has 2 nitrogen and oxygen atoms in total. The molecule has 3 N–H and O–H groups in total. The van der Waals surface area contributed by atoms with Gasteiger partial charge < -0.3 is 11.1 Å². The molecule has 88 valence electrons. The number of hydrogen-bond acceptors (Lipinski definition) is 2. The summed E-state index contributed by atoms with van der Waals surface area (Å²) < 4.78 is 0. The Bertz CT molecular complexity index is 319. The second-order valence-electron chi connectivity index (χ2n) is 4.38. The summed E-state index contributed by atoms with van der Waals surface area (Å²) in [5.74, 6) is 0.422. The van der Waals surface area contributed by atoms with E-state index < -0.39 is 0 Å². The molecule has 0 radical (unpaired) electrons. The van der Waals surface area contributed by atoms with Crippen molar-refractivity contribution in [3.63, 3.8) is 0 Å². The lowest BCUT2D eigenvalue weighted by atomic mass is 9.93. The predicted octanol–water partition coefficient (Wildman–Crippen LogP) is 2.28. The first kappa shape index (κ1) is 12.9. The van der Waals surface area contributed by atoms with E-state index in [-0.39, 0.29) is 0 Å². The van der Waals surface area contributed by atoms with Gasteiger partial charge in [0, 0.05) is 19.1 Å². The zero-order valence-corrected chi connectivity index (χ0v) is 10.2. The first-order valence-electron chi connectivity index (χ1n) is 5.78. The number of nitrogens with two attached hydrogens (primary N) is 1. The Kier molecular flexibility index (Phi) is 5.23. The van der Waals surface area contributed by atoms with Crippen LogP contribution >= 0.6 is 0 Å².